The highest BCUT2D eigenvalue weighted by Crippen LogP contribution is 2.23. The van der Waals surface area contributed by atoms with Gasteiger partial charge in [0.15, 0.2) is 11.9 Å². The average molecular weight is 463 g/mol. The lowest BCUT2D eigenvalue weighted by molar-refractivity contribution is -0.148. The summed E-state index contributed by atoms with van der Waals surface area (Å²) in [5.41, 5.74) is 1.58. The van der Waals surface area contributed by atoms with Crippen molar-refractivity contribution < 1.29 is 28.9 Å². The molecule has 6 nitrogen and oxygen atoms in total. The minimum absolute atomic E-state index is 0.0748. The molecule has 178 valence electrons. The summed E-state index contributed by atoms with van der Waals surface area (Å²) < 4.78 is 16.5. The van der Waals surface area contributed by atoms with Gasteiger partial charge in [-0.25, -0.2) is 4.79 Å². The number of rotatable bonds is 14. The molecule has 0 amide bonds. The number of ketones is 1. The first kappa shape index (κ1) is 25.0. The van der Waals surface area contributed by atoms with Gasteiger partial charge in [0, 0.05) is 19.1 Å². The van der Waals surface area contributed by atoms with E-state index in [9.17, 15) is 9.59 Å². The first-order valence-electron chi connectivity index (χ1n) is 11.4. The summed E-state index contributed by atoms with van der Waals surface area (Å²) >= 11 is 0. The van der Waals surface area contributed by atoms with E-state index in [-0.39, 0.29) is 5.78 Å². The van der Waals surface area contributed by atoms with Crippen molar-refractivity contribution in [2.75, 3.05) is 13.7 Å². The molecule has 3 aromatic rings. The highest BCUT2D eigenvalue weighted by atomic mass is 16.5. The minimum Gasteiger partial charge on any atom is -0.494 e. The Morgan fingerprint density at radius 3 is 2.26 bits per heavy atom. The molecule has 1 N–H and O–H groups in total. The molecule has 6 heteroatoms. The van der Waals surface area contributed by atoms with Crippen LogP contribution in [0.1, 0.15) is 41.6 Å². The number of ether oxygens (including phenoxy) is 3. The highest BCUT2D eigenvalue weighted by Gasteiger charge is 2.16. The Morgan fingerprint density at radius 2 is 1.56 bits per heavy atom. The number of para-hydroxylation sites is 1. The molecule has 1 unspecified atom stereocenters. The SMILES string of the molecule is COC(CCc1cccc(C(=O)CCCCOc2ccc(Oc3ccccc3)cc2)c1)C(=O)O. The van der Waals surface area contributed by atoms with Gasteiger partial charge in [-0.15, -0.1) is 0 Å². The molecule has 0 saturated heterocycles. The summed E-state index contributed by atoms with van der Waals surface area (Å²) in [5.74, 6) is 1.38. The second-order valence-corrected chi connectivity index (χ2v) is 7.92. The maximum atomic E-state index is 12.5. The molecule has 0 aliphatic carbocycles. The van der Waals surface area contributed by atoms with Gasteiger partial charge in [-0.2, -0.15) is 0 Å². The van der Waals surface area contributed by atoms with Crippen LogP contribution in [0.3, 0.4) is 0 Å². The fourth-order valence-corrected chi connectivity index (χ4v) is 3.49. The minimum atomic E-state index is -0.978. The third-order valence-electron chi connectivity index (χ3n) is 5.37. The van der Waals surface area contributed by atoms with E-state index in [1.165, 1.54) is 7.11 Å². The number of aryl methyl sites for hydroxylation is 1. The van der Waals surface area contributed by atoms with Crippen LogP contribution in [0.2, 0.25) is 0 Å². The van der Waals surface area contributed by atoms with Gasteiger partial charge in [0.05, 0.1) is 6.61 Å². The topological polar surface area (TPSA) is 82.1 Å². The average Bonchev–Trinajstić information content (AvgIpc) is 2.86. The van der Waals surface area contributed by atoms with Crippen molar-refractivity contribution >= 4 is 11.8 Å². The van der Waals surface area contributed by atoms with Crippen LogP contribution < -0.4 is 9.47 Å². The zero-order valence-corrected chi connectivity index (χ0v) is 19.3. The lowest BCUT2D eigenvalue weighted by Gasteiger charge is -2.11. The van der Waals surface area contributed by atoms with E-state index >= 15 is 0 Å². The maximum Gasteiger partial charge on any atom is 0.332 e. The number of unbranched alkanes of at least 4 members (excludes halogenated alkanes) is 1. The van der Waals surface area contributed by atoms with Gasteiger partial charge in [-0.3, -0.25) is 4.79 Å². The van der Waals surface area contributed by atoms with Crippen molar-refractivity contribution in [3.05, 3.63) is 90.0 Å². The number of carbonyl (C=O) groups excluding carboxylic acids is 1. The molecule has 0 heterocycles. The zero-order chi connectivity index (χ0) is 24.2. The number of methoxy groups -OCH3 is 1. The number of benzene rings is 3. The van der Waals surface area contributed by atoms with Crippen LogP contribution in [0.4, 0.5) is 0 Å². The second kappa shape index (κ2) is 13.2. The molecule has 0 aromatic heterocycles. The van der Waals surface area contributed by atoms with Crippen molar-refractivity contribution in [2.24, 2.45) is 0 Å². The van der Waals surface area contributed by atoms with Crippen LogP contribution in [-0.2, 0) is 16.0 Å². The van der Waals surface area contributed by atoms with Crippen molar-refractivity contribution in [1.29, 1.82) is 0 Å². The Bertz CT molecular complexity index is 1050. The predicted octanol–water partition coefficient (Wildman–Crippen LogP) is 5.94. The van der Waals surface area contributed by atoms with Gasteiger partial charge in [0.25, 0.3) is 0 Å². The normalized spacial score (nSPS) is 11.6. The maximum absolute atomic E-state index is 12.5. The van der Waals surface area contributed by atoms with E-state index in [1.54, 1.807) is 6.07 Å². The molecule has 0 saturated carbocycles. The summed E-state index contributed by atoms with van der Waals surface area (Å²) in [6, 6.07) is 24.4. The molecule has 3 rings (SSSR count). The molecule has 3 aromatic carbocycles. The number of carbonyl (C=O) groups is 2. The Labute approximate surface area is 200 Å². The van der Waals surface area contributed by atoms with E-state index in [4.69, 9.17) is 19.3 Å². The first-order valence-corrected chi connectivity index (χ1v) is 11.4. The zero-order valence-electron chi connectivity index (χ0n) is 19.3. The summed E-state index contributed by atoms with van der Waals surface area (Å²) in [5, 5.41) is 9.08. The molecule has 0 bridgehead atoms. The lowest BCUT2D eigenvalue weighted by atomic mass is 10.00. The lowest BCUT2D eigenvalue weighted by Crippen LogP contribution is -2.22. The molecule has 1 atom stereocenters. The Kier molecular flexibility index (Phi) is 9.67. The smallest absolute Gasteiger partial charge is 0.332 e. The number of hydrogen-bond donors (Lipinski definition) is 1. The monoisotopic (exact) mass is 462 g/mol. The molecule has 0 fully saturated rings. The van der Waals surface area contributed by atoms with Crippen molar-refractivity contribution in [1.82, 2.24) is 0 Å². The van der Waals surface area contributed by atoms with Crippen molar-refractivity contribution in [3.63, 3.8) is 0 Å². The van der Waals surface area contributed by atoms with Gasteiger partial charge in [-0.1, -0.05) is 36.4 Å². The molecular formula is C28H30O6. The molecule has 0 aliphatic rings. The van der Waals surface area contributed by atoms with E-state index in [2.05, 4.69) is 0 Å². The number of Topliss-reactive ketones (excluding diaryl/α,β-unsaturated/α-hetero) is 1. The molecule has 34 heavy (non-hydrogen) atoms. The number of carboxylic acids is 1. The summed E-state index contributed by atoms with van der Waals surface area (Å²) in [4.78, 5) is 23.6. The van der Waals surface area contributed by atoms with Crippen molar-refractivity contribution in [3.8, 4) is 17.2 Å². The van der Waals surface area contributed by atoms with Gasteiger partial charge in [0.2, 0.25) is 0 Å². The Balaban J connectivity index is 1.37. The van der Waals surface area contributed by atoms with Crippen LogP contribution >= 0.6 is 0 Å². The Hall–Kier alpha value is -3.64. The fraction of sp³-hybridized carbons (Fsp3) is 0.286. The van der Waals surface area contributed by atoms with E-state index < -0.39 is 12.1 Å². The van der Waals surface area contributed by atoms with Gasteiger partial charge in [-0.05, 0) is 73.7 Å². The van der Waals surface area contributed by atoms with E-state index in [1.807, 2.05) is 72.8 Å². The third-order valence-corrected chi connectivity index (χ3v) is 5.37. The van der Waals surface area contributed by atoms with Crippen LogP contribution in [-0.4, -0.2) is 36.7 Å². The van der Waals surface area contributed by atoms with Gasteiger partial charge in [0.1, 0.15) is 17.2 Å². The molecule has 0 spiro atoms. The fourth-order valence-electron chi connectivity index (χ4n) is 3.49. The van der Waals surface area contributed by atoms with Gasteiger partial charge < -0.3 is 19.3 Å². The molecular weight excluding hydrogens is 432 g/mol. The largest absolute Gasteiger partial charge is 0.494 e. The number of aliphatic carboxylic acids is 1. The quantitative estimate of drug-likeness (QED) is 0.236. The molecule has 0 radical (unpaired) electrons. The van der Waals surface area contributed by atoms with Crippen LogP contribution in [0, 0.1) is 0 Å². The highest BCUT2D eigenvalue weighted by molar-refractivity contribution is 5.96. The molecule has 0 aliphatic heterocycles. The van der Waals surface area contributed by atoms with Crippen LogP contribution in [0.25, 0.3) is 0 Å². The van der Waals surface area contributed by atoms with E-state index in [0.717, 1.165) is 35.7 Å². The first-order chi connectivity index (χ1) is 16.5. The summed E-state index contributed by atoms with van der Waals surface area (Å²) in [6.45, 7) is 0.528. The third kappa shape index (κ3) is 8.05. The van der Waals surface area contributed by atoms with Gasteiger partial charge >= 0.3 is 5.97 Å². The summed E-state index contributed by atoms with van der Waals surface area (Å²) in [6.07, 6.45) is 1.99. The van der Waals surface area contributed by atoms with Crippen LogP contribution in [0.15, 0.2) is 78.9 Å². The summed E-state index contributed by atoms with van der Waals surface area (Å²) in [7, 11) is 1.39. The van der Waals surface area contributed by atoms with E-state index in [0.29, 0.717) is 31.4 Å². The number of carboxylic acid groups (broad SMARTS) is 1. The predicted molar refractivity (Wildman–Crippen MR) is 130 cm³/mol. The van der Waals surface area contributed by atoms with Crippen LogP contribution in [0.5, 0.6) is 17.2 Å². The number of hydrogen-bond acceptors (Lipinski definition) is 5. The standard InChI is InChI=1S/C28H30O6/c1-32-27(28(30)31)18-13-21-8-7-9-22(20-21)26(29)12-5-6-19-33-23-14-16-25(17-15-23)34-24-10-3-2-4-11-24/h2-4,7-11,14-17,20,27H,5-6,12-13,18-19H2,1H3,(H,30,31). The van der Waals surface area contributed by atoms with Crippen molar-refractivity contribution in [2.45, 2.75) is 38.2 Å². The second-order valence-electron chi connectivity index (χ2n) is 7.92. The Morgan fingerprint density at radius 1 is 0.853 bits per heavy atom.